The first kappa shape index (κ1) is 12.5. The Morgan fingerprint density at radius 2 is 2.22 bits per heavy atom. The van der Waals surface area contributed by atoms with E-state index in [4.69, 9.17) is 5.11 Å². The van der Waals surface area contributed by atoms with Crippen LogP contribution in [0.15, 0.2) is 18.3 Å². The van der Waals surface area contributed by atoms with Crippen molar-refractivity contribution in [1.82, 2.24) is 10.3 Å². The molecule has 5 heteroatoms. The van der Waals surface area contributed by atoms with Crippen LogP contribution in [0.4, 0.5) is 0 Å². The van der Waals surface area contributed by atoms with Gasteiger partial charge in [0.2, 0.25) is 0 Å². The SMILES string of the molecule is Cc1cccnc1C(=O)NCC1(C(=O)O)CCC1. The molecule has 1 heterocycles. The van der Waals surface area contributed by atoms with E-state index >= 15 is 0 Å². The van der Waals surface area contributed by atoms with Crippen molar-refractivity contribution in [3.63, 3.8) is 0 Å². The number of nitrogens with zero attached hydrogens (tertiary/aromatic N) is 1. The van der Waals surface area contributed by atoms with Crippen molar-refractivity contribution in [1.29, 1.82) is 0 Å². The van der Waals surface area contributed by atoms with Crippen LogP contribution in [0.3, 0.4) is 0 Å². The van der Waals surface area contributed by atoms with Gasteiger partial charge < -0.3 is 10.4 Å². The van der Waals surface area contributed by atoms with Gasteiger partial charge >= 0.3 is 5.97 Å². The van der Waals surface area contributed by atoms with Gasteiger partial charge in [0.1, 0.15) is 5.69 Å². The smallest absolute Gasteiger partial charge is 0.311 e. The number of carboxylic acid groups (broad SMARTS) is 1. The molecule has 96 valence electrons. The van der Waals surface area contributed by atoms with E-state index in [0.717, 1.165) is 12.0 Å². The highest BCUT2D eigenvalue weighted by atomic mass is 16.4. The molecule has 1 aliphatic carbocycles. The molecule has 1 aliphatic rings. The van der Waals surface area contributed by atoms with Crippen LogP contribution in [-0.4, -0.2) is 28.5 Å². The van der Waals surface area contributed by atoms with E-state index in [-0.39, 0.29) is 12.5 Å². The number of aliphatic carboxylic acids is 1. The fourth-order valence-corrected chi connectivity index (χ4v) is 2.13. The average molecular weight is 248 g/mol. The Labute approximate surface area is 105 Å². The van der Waals surface area contributed by atoms with E-state index in [9.17, 15) is 9.59 Å². The van der Waals surface area contributed by atoms with Gasteiger partial charge in [-0.15, -0.1) is 0 Å². The van der Waals surface area contributed by atoms with Crippen molar-refractivity contribution < 1.29 is 14.7 Å². The number of carboxylic acids is 1. The van der Waals surface area contributed by atoms with Crippen LogP contribution in [0, 0.1) is 12.3 Å². The number of amides is 1. The van der Waals surface area contributed by atoms with Gasteiger partial charge in [-0.25, -0.2) is 0 Å². The molecule has 1 amide bonds. The maximum atomic E-state index is 11.9. The first-order valence-electron chi connectivity index (χ1n) is 5.98. The number of carbonyl (C=O) groups excluding carboxylic acids is 1. The summed E-state index contributed by atoms with van der Waals surface area (Å²) in [7, 11) is 0. The van der Waals surface area contributed by atoms with E-state index in [0.29, 0.717) is 18.5 Å². The topological polar surface area (TPSA) is 79.3 Å². The molecule has 0 saturated heterocycles. The van der Waals surface area contributed by atoms with E-state index < -0.39 is 11.4 Å². The number of pyridine rings is 1. The lowest BCUT2D eigenvalue weighted by Crippen LogP contribution is -2.47. The highest BCUT2D eigenvalue weighted by molar-refractivity contribution is 5.94. The fourth-order valence-electron chi connectivity index (χ4n) is 2.13. The van der Waals surface area contributed by atoms with Gasteiger partial charge in [0.05, 0.1) is 5.41 Å². The van der Waals surface area contributed by atoms with E-state index in [1.807, 2.05) is 0 Å². The van der Waals surface area contributed by atoms with Gasteiger partial charge in [-0.2, -0.15) is 0 Å². The summed E-state index contributed by atoms with van der Waals surface area (Å²) < 4.78 is 0. The van der Waals surface area contributed by atoms with Crippen molar-refractivity contribution in [3.8, 4) is 0 Å². The lowest BCUT2D eigenvalue weighted by Gasteiger charge is -2.37. The number of aromatic nitrogens is 1. The van der Waals surface area contributed by atoms with Crippen LogP contribution in [0.5, 0.6) is 0 Å². The predicted octanol–water partition coefficient (Wildman–Crippen LogP) is 1.37. The van der Waals surface area contributed by atoms with Crippen LogP contribution in [-0.2, 0) is 4.79 Å². The first-order valence-corrected chi connectivity index (χ1v) is 5.98. The molecule has 1 saturated carbocycles. The van der Waals surface area contributed by atoms with Crippen molar-refractivity contribution in [3.05, 3.63) is 29.6 Å². The first-order chi connectivity index (χ1) is 8.55. The summed E-state index contributed by atoms with van der Waals surface area (Å²) >= 11 is 0. The standard InChI is InChI=1S/C13H16N2O3/c1-9-4-2-7-14-10(9)11(16)15-8-13(12(17)18)5-3-6-13/h2,4,7H,3,5-6,8H2,1H3,(H,15,16)(H,17,18). The molecule has 0 spiro atoms. The molecule has 1 aromatic heterocycles. The van der Waals surface area contributed by atoms with E-state index in [1.165, 1.54) is 0 Å². The molecule has 0 aliphatic heterocycles. The number of aryl methyl sites for hydroxylation is 1. The Morgan fingerprint density at radius 3 is 2.72 bits per heavy atom. The zero-order valence-electron chi connectivity index (χ0n) is 10.3. The highest BCUT2D eigenvalue weighted by Gasteiger charge is 2.44. The van der Waals surface area contributed by atoms with Crippen LogP contribution >= 0.6 is 0 Å². The minimum Gasteiger partial charge on any atom is -0.481 e. The van der Waals surface area contributed by atoms with Gasteiger partial charge in [0, 0.05) is 12.7 Å². The zero-order chi connectivity index (χ0) is 13.2. The maximum Gasteiger partial charge on any atom is 0.311 e. The van der Waals surface area contributed by atoms with E-state index in [1.54, 1.807) is 25.3 Å². The molecular formula is C13H16N2O3. The summed E-state index contributed by atoms with van der Waals surface area (Å²) in [6, 6.07) is 3.56. The molecule has 2 N–H and O–H groups in total. The quantitative estimate of drug-likeness (QED) is 0.843. The molecular weight excluding hydrogens is 232 g/mol. The number of nitrogens with one attached hydrogen (secondary N) is 1. The van der Waals surface area contributed by atoms with Gasteiger partial charge in [-0.05, 0) is 31.4 Å². The Bertz CT molecular complexity index is 481. The van der Waals surface area contributed by atoms with Gasteiger partial charge in [-0.3, -0.25) is 14.6 Å². The number of hydrogen-bond acceptors (Lipinski definition) is 3. The Hall–Kier alpha value is -1.91. The lowest BCUT2D eigenvalue weighted by atomic mass is 9.69. The molecule has 2 rings (SSSR count). The molecule has 0 unspecified atom stereocenters. The lowest BCUT2D eigenvalue weighted by molar-refractivity contribution is -0.153. The van der Waals surface area contributed by atoms with E-state index in [2.05, 4.69) is 10.3 Å². The fraction of sp³-hybridized carbons (Fsp3) is 0.462. The average Bonchev–Trinajstić information content (AvgIpc) is 2.27. The third-order valence-corrected chi connectivity index (χ3v) is 3.58. The van der Waals surface area contributed by atoms with Crippen molar-refractivity contribution >= 4 is 11.9 Å². The molecule has 18 heavy (non-hydrogen) atoms. The summed E-state index contributed by atoms with van der Waals surface area (Å²) in [6.07, 6.45) is 3.72. The van der Waals surface area contributed by atoms with Gasteiger partial charge in [0.15, 0.2) is 0 Å². The molecule has 0 radical (unpaired) electrons. The monoisotopic (exact) mass is 248 g/mol. The second-order valence-corrected chi connectivity index (χ2v) is 4.79. The molecule has 0 aromatic carbocycles. The summed E-state index contributed by atoms with van der Waals surface area (Å²) in [6.45, 7) is 1.98. The minimum absolute atomic E-state index is 0.178. The summed E-state index contributed by atoms with van der Waals surface area (Å²) in [5, 5.41) is 11.8. The van der Waals surface area contributed by atoms with Crippen LogP contribution in [0.25, 0.3) is 0 Å². The van der Waals surface area contributed by atoms with Crippen molar-refractivity contribution in [2.24, 2.45) is 5.41 Å². The molecule has 5 nitrogen and oxygen atoms in total. The minimum atomic E-state index is -0.827. The third-order valence-electron chi connectivity index (χ3n) is 3.58. The second-order valence-electron chi connectivity index (χ2n) is 4.79. The maximum absolute atomic E-state index is 11.9. The zero-order valence-corrected chi connectivity index (χ0v) is 10.3. The highest BCUT2D eigenvalue weighted by Crippen LogP contribution is 2.40. The number of rotatable bonds is 4. The Kier molecular flexibility index (Phi) is 3.32. The normalized spacial score (nSPS) is 16.7. The largest absolute Gasteiger partial charge is 0.481 e. The summed E-state index contributed by atoms with van der Waals surface area (Å²) in [5.74, 6) is -1.13. The second kappa shape index (κ2) is 4.76. The molecule has 0 atom stereocenters. The molecule has 1 fully saturated rings. The third kappa shape index (κ3) is 2.20. The number of hydrogen-bond donors (Lipinski definition) is 2. The van der Waals surface area contributed by atoms with Crippen LogP contribution in [0.1, 0.15) is 35.3 Å². The predicted molar refractivity (Wildman–Crippen MR) is 65.2 cm³/mol. The van der Waals surface area contributed by atoms with Crippen LogP contribution in [0.2, 0.25) is 0 Å². The summed E-state index contributed by atoms with van der Waals surface area (Å²) in [5.41, 5.74) is 0.378. The van der Waals surface area contributed by atoms with Gasteiger partial charge in [-0.1, -0.05) is 12.5 Å². The van der Waals surface area contributed by atoms with Crippen molar-refractivity contribution in [2.75, 3.05) is 6.54 Å². The Morgan fingerprint density at radius 1 is 1.50 bits per heavy atom. The van der Waals surface area contributed by atoms with Crippen LogP contribution < -0.4 is 5.32 Å². The molecule has 0 bridgehead atoms. The van der Waals surface area contributed by atoms with Crippen molar-refractivity contribution in [2.45, 2.75) is 26.2 Å². The van der Waals surface area contributed by atoms with Gasteiger partial charge in [0.25, 0.3) is 5.91 Å². The number of carbonyl (C=O) groups is 2. The summed E-state index contributed by atoms with van der Waals surface area (Å²) in [4.78, 5) is 27.1. The molecule has 1 aromatic rings. The Balaban J connectivity index is 2.01.